The highest BCUT2D eigenvalue weighted by Crippen LogP contribution is 2.67. The lowest BCUT2D eigenvalue weighted by atomic mass is 10.0. The zero-order valence-corrected chi connectivity index (χ0v) is 6.28. The van der Waals surface area contributed by atoms with Gasteiger partial charge in [-0.25, -0.2) is 0 Å². The minimum atomic E-state index is 0.257. The molecule has 2 rings (SSSR count). The van der Waals surface area contributed by atoms with Gasteiger partial charge in [-0.05, 0) is 30.6 Å². The quantitative estimate of drug-likeness (QED) is 0.522. The Morgan fingerprint density at radius 1 is 1.56 bits per heavy atom. The average Bonchev–Trinajstić information content (AvgIpc) is 2.26. The molecule has 0 aliphatic heterocycles. The van der Waals surface area contributed by atoms with Gasteiger partial charge in [0.25, 0.3) is 0 Å². The van der Waals surface area contributed by atoms with Gasteiger partial charge in [-0.1, -0.05) is 13.8 Å². The summed E-state index contributed by atoms with van der Waals surface area (Å²) < 4.78 is 0. The van der Waals surface area contributed by atoms with E-state index in [4.69, 9.17) is 5.73 Å². The van der Waals surface area contributed by atoms with Crippen LogP contribution in [0.2, 0.25) is 0 Å². The van der Waals surface area contributed by atoms with Crippen molar-refractivity contribution in [3.63, 3.8) is 0 Å². The van der Waals surface area contributed by atoms with E-state index >= 15 is 0 Å². The van der Waals surface area contributed by atoms with Crippen molar-refractivity contribution in [2.24, 2.45) is 17.1 Å². The third-order valence-corrected chi connectivity index (χ3v) is 3.69. The topological polar surface area (TPSA) is 26.0 Å². The minimum Gasteiger partial charge on any atom is -0.324 e. The molecule has 2 N–H and O–H groups in total. The van der Waals surface area contributed by atoms with Crippen LogP contribution in [0.15, 0.2) is 0 Å². The fourth-order valence-electron chi connectivity index (χ4n) is 2.48. The molecule has 2 saturated carbocycles. The molecule has 2 fully saturated rings. The van der Waals surface area contributed by atoms with E-state index in [2.05, 4.69) is 13.8 Å². The summed E-state index contributed by atoms with van der Waals surface area (Å²) in [6.07, 6.45) is 4.00. The highest BCUT2D eigenvalue weighted by atomic mass is 14.9. The SMILES string of the molecule is CC1CCC2(C)CC12N. The monoisotopic (exact) mass is 125 g/mol. The molecule has 52 valence electrons. The van der Waals surface area contributed by atoms with E-state index in [-0.39, 0.29) is 5.54 Å². The van der Waals surface area contributed by atoms with E-state index in [9.17, 15) is 0 Å². The second-order valence-electron chi connectivity index (χ2n) is 4.22. The summed E-state index contributed by atoms with van der Waals surface area (Å²) in [5.74, 6) is 0.780. The molecular weight excluding hydrogens is 110 g/mol. The van der Waals surface area contributed by atoms with E-state index in [0.717, 1.165) is 5.92 Å². The van der Waals surface area contributed by atoms with Crippen molar-refractivity contribution < 1.29 is 0 Å². The summed E-state index contributed by atoms with van der Waals surface area (Å²) in [6.45, 7) is 4.62. The van der Waals surface area contributed by atoms with Gasteiger partial charge in [0.15, 0.2) is 0 Å². The van der Waals surface area contributed by atoms with E-state index in [1.54, 1.807) is 0 Å². The van der Waals surface area contributed by atoms with Crippen molar-refractivity contribution in [3.8, 4) is 0 Å². The Labute approximate surface area is 56.6 Å². The summed E-state index contributed by atoms with van der Waals surface area (Å²) in [4.78, 5) is 0. The van der Waals surface area contributed by atoms with Crippen molar-refractivity contribution in [2.45, 2.75) is 38.6 Å². The Bertz CT molecular complexity index is 151. The van der Waals surface area contributed by atoms with Crippen LogP contribution in [0.1, 0.15) is 33.1 Å². The van der Waals surface area contributed by atoms with Crippen molar-refractivity contribution in [1.29, 1.82) is 0 Å². The van der Waals surface area contributed by atoms with Gasteiger partial charge in [0.05, 0.1) is 0 Å². The molecule has 0 aromatic carbocycles. The Hall–Kier alpha value is -0.0400. The van der Waals surface area contributed by atoms with Crippen LogP contribution >= 0.6 is 0 Å². The van der Waals surface area contributed by atoms with Crippen LogP contribution in [0.25, 0.3) is 0 Å². The number of nitrogens with two attached hydrogens (primary N) is 1. The Kier molecular flexibility index (Phi) is 0.760. The molecular formula is C8H15N. The zero-order valence-electron chi connectivity index (χ0n) is 6.28. The summed E-state index contributed by atoms with van der Waals surface area (Å²) in [7, 11) is 0. The molecule has 0 aromatic heterocycles. The summed E-state index contributed by atoms with van der Waals surface area (Å²) in [6, 6.07) is 0. The first-order valence-corrected chi connectivity index (χ1v) is 3.87. The zero-order chi connectivity index (χ0) is 6.70. The largest absolute Gasteiger partial charge is 0.324 e. The first kappa shape index (κ1) is 5.72. The Balaban J connectivity index is 2.27. The minimum absolute atomic E-state index is 0.257. The second kappa shape index (κ2) is 1.20. The fraction of sp³-hybridized carbons (Fsp3) is 1.00. The van der Waals surface area contributed by atoms with Gasteiger partial charge in [0, 0.05) is 5.54 Å². The van der Waals surface area contributed by atoms with E-state index in [1.165, 1.54) is 19.3 Å². The van der Waals surface area contributed by atoms with Gasteiger partial charge < -0.3 is 5.73 Å². The number of rotatable bonds is 0. The van der Waals surface area contributed by atoms with Crippen LogP contribution in [0, 0.1) is 11.3 Å². The van der Waals surface area contributed by atoms with Crippen molar-refractivity contribution >= 4 is 0 Å². The molecule has 1 nitrogen and oxygen atoms in total. The summed E-state index contributed by atoms with van der Waals surface area (Å²) in [5, 5.41) is 0. The van der Waals surface area contributed by atoms with Gasteiger partial charge >= 0.3 is 0 Å². The van der Waals surface area contributed by atoms with Gasteiger partial charge in [-0.15, -0.1) is 0 Å². The van der Waals surface area contributed by atoms with Crippen molar-refractivity contribution in [3.05, 3.63) is 0 Å². The van der Waals surface area contributed by atoms with Crippen LogP contribution in [-0.2, 0) is 0 Å². The molecule has 3 atom stereocenters. The number of hydrogen-bond acceptors (Lipinski definition) is 1. The molecule has 0 aromatic rings. The molecule has 3 unspecified atom stereocenters. The normalized spacial score (nSPS) is 63.7. The number of fused-ring (bicyclic) bond motifs is 1. The molecule has 2 aliphatic carbocycles. The van der Waals surface area contributed by atoms with Crippen LogP contribution < -0.4 is 5.73 Å². The molecule has 2 aliphatic rings. The van der Waals surface area contributed by atoms with Crippen LogP contribution in [-0.4, -0.2) is 5.54 Å². The van der Waals surface area contributed by atoms with Crippen molar-refractivity contribution in [1.82, 2.24) is 0 Å². The predicted molar refractivity (Wildman–Crippen MR) is 38.0 cm³/mol. The lowest BCUT2D eigenvalue weighted by molar-refractivity contribution is 0.447. The highest BCUT2D eigenvalue weighted by Gasteiger charge is 2.67. The summed E-state index contributed by atoms with van der Waals surface area (Å²) >= 11 is 0. The standard InChI is InChI=1S/C8H15N/c1-6-3-4-7(2)5-8(6,7)9/h6H,3-5,9H2,1-2H3. The molecule has 0 saturated heterocycles. The molecule has 0 radical (unpaired) electrons. The molecule has 0 heterocycles. The maximum atomic E-state index is 6.13. The van der Waals surface area contributed by atoms with Crippen molar-refractivity contribution in [2.75, 3.05) is 0 Å². The maximum absolute atomic E-state index is 6.13. The molecule has 0 amide bonds. The Morgan fingerprint density at radius 2 is 2.22 bits per heavy atom. The van der Waals surface area contributed by atoms with Crippen LogP contribution in [0.4, 0.5) is 0 Å². The van der Waals surface area contributed by atoms with Gasteiger partial charge in [-0.2, -0.15) is 0 Å². The smallest absolute Gasteiger partial charge is 0.0241 e. The average molecular weight is 125 g/mol. The first-order chi connectivity index (χ1) is 4.08. The molecule has 9 heavy (non-hydrogen) atoms. The number of hydrogen-bond donors (Lipinski definition) is 1. The maximum Gasteiger partial charge on any atom is 0.0241 e. The van der Waals surface area contributed by atoms with E-state index in [0.29, 0.717) is 5.41 Å². The van der Waals surface area contributed by atoms with Crippen LogP contribution in [0.5, 0.6) is 0 Å². The fourth-order valence-corrected chi connectivity index (χ4v) is 2.48. The van der Waals surface area contributed by atoms with Gasteiger partial charge in [0.1, 0.15) is 0 Å². The third-order valence-electron chi connectivity index (χ3n) is 3.69. The second-order valence-corrected chi connectivity index (χ2v) is 4.22. The lowest BCUT2D eigenvalue weighted by Gasteiger charge is -2.13. The predicted octanol–water partition coefficient (Wildman–Crippen LogP) is 1.52. The highest BCUT2D eigenvalue weighted by molar-refractivity contribution is 5.23. The van der Waals surface area contributed by atoms with Gasteiger partial charge in [-0.3, -0.25) is 0 Å². The Morgan fingerprint density at radius 3 is 2.33 bits per heavy atom. The molecule has 1 heteroatoms. The van der Waals surface area contributed by atoms with E-state index < -0.39 is 0 Å². The first-order valence-electron chi connectivity index (χ1n) is 3.87. The molecule has 0 bridgehead atoms. The third kappa shape index (κ3) is 0.454. The van der Waals surface area contributed by atoms with E-state index in [1.807, 2.05) is 0 Å². The lowest BCUT2D eigenvalue weighted by Crippen LogP contribution is -2.31. The van der Waals surface area contributed by atoms with Gasteiger partial charge in [0.2, 0.25) is 0 Å². The molecule has 0 spiro atoms. The summed E-state index contributed by atoms with van der Waals surface area (Å²) in [5.41, 5.74) is 6.93. The van der Waals surface area contributed by atoms with Crippen LogP contribution in [0.3, 0.4) is 0 Å².